The summed E-state index contributed by atoms with van der Waals surface area (Å²) in [7, 11) is 0. The van der Waals surface area contributed by atoms with Gasteiger partial charge in [0.1, 0.15) is 0 Å². The number of aliphatic hydroxyl groups excluding tert-OH is 1. The lowest BCUT2D eigenvalue weighted by Gasteiger charge is -2.18. The monoisotopic (exact) mass is 269 g/mol. The molecule has 0 saturated carbocycles. The number of hydrogen-bond acceptors (Lipinski definition) is 3. The Morgan fingerprint density at radius 3 is 2.30 bits per heavy atom. The van der Waals surface area contributed by atoms with E-state index >= 15 is 0 Å². The van der Waals surface area contributed by atoms with Gasteiger partial charge < -0.3 is 10.4 Å². The Kier molecular flexibility index (Phi) is 4.91. The molecule has 2 aromatic rings. The molecule has 2 aromatic carbocycles. The zero-order chi connectivity index (χ0) is 14.4. The standard InChI is InChI=1S/C17H19NO2/c1-13(20)15-7-9-16(10-8-15)18-17(12-19)11-14-5-3-2-4-6-14/h2-10,17-19H,11-12H2,1H3/t17-/m1/s1. The van der Waals surface area contributed by atoms with Crippen LogP contribution in [0.15, 0.2) is 54.6 Å². The van der Waals surface area contributed by atoms with E-state index in [1.165, 1.54) is 5.56 Å². The van der Waals surface area contributed by atoms with E-state index in [1.54, 1.807) is 19.1 Å². The number of nitrogens with one attached hydrogen (secondary N) is 1. The molecule has 2 rings (SSSR count). The Labute approximate surface area is 119 Å². The topological polar surface area (TPSA) is 49.3 Å². The van der Waals surface area contributed by atoms with E-state index < -0.39 is 0 Å². The number of ketones is 1. The average Bonchev–Trinajstić information content (AvgIpc) is 2.48. The van der Waals surface area contributed by atoms with E-state index in [9.17, 15) is 9.90 Å². The van der Waals surface area contributed by atoms with E-state index in [2.05, 4.69) is 5.32 Å². The second-order valence-corrected chi connectivity index (χ2v) is 4.85. The molecule has 0 saturated heterocycles. The Hall–Kier alpha value is -2.13. The summed E-state index contributed by atoms with van der Waals surface area (Å²) in [6.45, 7) is 1.61. The van der Waals surface area contributed by atoms with E-state index in [1.807, 2.05) is 42.5 Å². The van der Waals surface area contributed by atoms with Crippen LogP contribution >= 0.6 is 0 Å². The third-order valence-electron chi connectivity index (χ3n) is 3.21. The Morgan fingerprint density at radius 2 is 1.75 bits per heavy atom. The molecule has 104 valence electrons. The van der Waals surface area contributed by atoms with Gasteiger partial charge in [0.05, 0.1) is 12.6 Å². The third kappa shape index (κ3) is 3.93. The molecule has 0 radical (unpaired) electrons. The fourth-order valence-electron chi connectivity index (χ4n) is 2.10. The summed E-state index contributed by atoms with van der Waals surface area (Å²) < 4.78 is 0. The number of carbonyl (C=O) groups excluding carboxylic acids is 1. The molecular formula is C17H19NO2. The van der Waals surface area contributed by atoms with Gasteiger partial charge in [-0.2, -0.15) is 0 Å². The molecule has 0 spiro atoms. The van der Waals surface area contributed by atoms with Gasteiger partial charge in [0.15, 0.2) is 5.78 Å². The first-order chi connectivity index (χ1) is 9.69. The predicted molar refractivity (Wildman–Crippen MR) is 81.1 cm³/mol. The smallest absolute Gasteiger partial charge is 0.159 e. The zero-order valence-electron chi connectivity index (χ0n) is 11.5. The molecule has 3 heteroatoms. The van der Waals surface area contributed by atoms with Crippen LogP contribution in [-0.4, -0.2) is 23.5 Å². The molecule has 1 atom stereocenters. The molecule has 2 N–H and O–H groups in total. The van der Waals surface area contributed by atoms with Gasteiger partial charge in [-0.3, -0.25) is 4.79 Å². The van der Waals surface area contributed by atoms with Crippen LogP contribution in [0.5, 0.6) is 0 Å². The second kappa shape index (κ2) is 6.87. The largest absolute Gasteiger partial charge is 0.394 e. The van der Waals surface area contributed by atoms with Gasteiger partial charge in [-0.1, -0.05) is 30.3 Å². The average molecular weight is 269 g/mol. The van der Waals surface area contributed by atoms with Crippen LogP contribution in [0.3, 0.4) is 0 Å². The number of anilines is 1. The number of rotatable bonds is 6. The van der Waals surface area contributed by atoms with Crippen molar-refractivity contribution in [3.05, 3.63) is 65.7 Å². The molecule has 0 aromatic heterocycles. The summed E-state index contributed by atoms with van der Waals surface area (Å²) in [6, 6.07) is 17.3. The van der Waals surface area contributed by atoms with Crippen molar-refractivity contribution in [3.63, 3.8) is 0 Å². The van der Waals surface area contributed by atoms with Crippen LogP contribution in [0.25, 0.3) is 0 Å². The fraction of sp³-hybridized carbons (Fsp3) is 0.235. The number of aliphatic hydroxyl groups is 1. The molecule has 0 unspecified atom stereocenters. The normalized spacial score (nSPS) is 11.9. The van der Waals surface area contributed by atoms with Crippen LogP contribution in [0.1, 0.15) is 22.8 Å². The molecule has 0 bridgehead atoms. The number of carbonyl (C=O) groups is 1. The minimum absolute atomic E-state index is 0.0411. The van der Waals surface area contributed by atoms with Crippen LogP contribution < -0.4 is 5.32 Å². The van der Waals surface area contributed by atoms with Crippen molar-refractivity contribution in [2.75, 3.05) is 11.9 Å². The summed E-state index contributed by atoms with van der Waals surface area (Å²) >= 11 is 0. The minimum atomic E-state index is -0.0411. The number of Topliss-reactive ketones (excluding diaryl/α,β-unsaturated/α-hetero) is 1. The lowest BCUT2D eigenvalue weighted by molar-refractivity contribution is 0.101. The first kappa shape index (κ1) is 14.3. The van der Waals surface area contributed by atoms with Gasteiger partial charge >= 0.3 is 0 Å². The van der Waals surface area contributed by atoms with Crippen LogP contribution in [0.4, 0.5) is 5.69 Å². The molecule has 0 amide bonds. The minimum Gasteiger partial charge on any atom is -0.394 e. The first-order valence-electron chi connectivity index (χ1n) is 6.71. The van der Waals surface area contributed by atoms with Crippen molar-refractivity contribution in [3.8, 4) is 0 Å². The lowest BCUT2D eigenvalue weighted by atomic mass is 10.1. The maximum atomic E-state index is 11.2. The summed E-state index contributed by atoms with van der Waals surface area (Å²) in [4.78, 5) is 11.2. The van der Waals surface area contributed by atoms with E-state index in [-0.39, 0.29) is 18.4 Å². The molecular weight excluding hydrogens is 250 g/mol. The molecule has 0 heterocycles. The van der Waals surface area contributed by atoms with Crippen molar-refractivity contribution >= 4 is 11.5 Å². The Morgan fingerprint density at radius 1 is 1.10 bits per heavy atom. The number of hydrogen-bond donors (Lipinski definition) is 2. The summed E-state index contributed by atoms with van der Waals surface area (Å²) in [5.41, 5.74) is 2.78. The molecule has 0 aliphatic heterocycles. The van der Waals surface area contributed by atoms with E-state index in [0.717, 1.165) is 12.1 Å². The van der Waals surface area contributed by atoms with Gasteiger partial charge in [-0.05, 0) is 43.2 Å². The summed E-state index contributed by atoms with van der Waals surface area (Å²) in [6.07, 6.45) is 0.756. The summed E-state index contributed by atoms with van der Waals surface area (Å²) in [5.74, 6) is 0.0551. The SMILES string of the molecule is CC(=O)c1ccc(N[C@@H](CO)Cc2ccccc2)cc1. The fourth-order valence-corrected chi connectivity index (χ4v) is 2.10. The van der Waals surface area contributed by atoms with Crippen LogP contribution in [-0.2, 0) is 6.42 Å². The zero-order valence-corrected chi connectivity index (χ0v) is 11.5. The van der Waals surface area contributed by atoms with Crippen molar-refractivity contribution in [2.24, 2.45) is 0 Å². The maximum absolute atomic E-state index is 11.2. The highest BCUT2D eigenvalue weighted by atomic mass is 16.3. The van der Waals surface area contributed by atoms with Crippen molar-refractivity contribution < 1.29 is 9.90 Å². The van der Waals surface area contributed by atoms with Gasteiger partial charge in [0.25, 0.3) is 0 Å². The van der Waals surface area contributed by atoms with Crippen LogP contribution in [0.2, 0.25) is 0 Å². The quantitative estimate of drug-likeness (QED) is 0.793. The van der Waals surface area contributed by atoms with Crippen molar-refractivity contribution in [1.82, 2.24) is 0 Å². The second-order valence-electron chi connectivity index (χ2n) is 4.85. The predicted octanol–water partition coefficient (Wildman–Crippen LogP) is 2.90. The molecule has 0 aliphatic rings. The Bertz CT molecular complexity index is 549. The van der Waals surface area contributed by atoms with Crippen molar-refractivity contribution in [1.29, 1.82) is 0 Å². The molecule has 20 heavy (non-hydrogen) atoms. The van der Waals surface area contributed by atoms with Gasteiger partial charge in [0.2, 0.25) is 0 Å². The van der Waals surface area contributed by atoms with E-state index in [4.69, 9.17) is 0 Å². The highest BCUT2D eigenvalue weighted by Crippen LogP contribution is 2.13. The molecule has 0 aliphatic carbocycles. The van der Waals surface area contributed by atoms with Crippen LogP contribution in [0, 0.1) is 0 Å². The lowest BCUT2D eigenvalue weighted by Crippen LogP contribution is -2.26. The van der Waals surface area contributed by atoms with E-state index in [0.29, 0.717) is 5.56 Å². The van der Waals surface area contributed by atoms with Gasteiger partial charge in [0, 0.05) is 11.3 Å². The van der Waals surface area contributed by atoms with Crippen molar-refractivity contribution in [2.45, 2.75) is 19.4 Å². The highest BCUT2D eigenvalue weighted by Gasteiger charge is 2.08. The first-order valence-corrected chi connectivity index (χ1v) is 6.71. The summed E-state index contributed by atoms with van der Waals surface area (Å²) in [5, 5.41) is 12.8. The third-order valence-corrected chi connectivity index (χ3v) is 3.21. The Balaban J connectivity index is 2.01. The number of benzene rings is 2. The van der Waals surface area contributed by atoms with Gasteiger partial charge in [-0.25, -0.2) is 0 Å². The highest BCUT2D eigenvalue weighted by molar-refractivity contribution is 5.94. The molecule has 0 fully saturated rings. The molecule has 3 nitrogen and oxygen atoms in total. The van der Waals surface area contributed by atoms with Gasteiger partial charge in [-0.15, -0.1) is 0 Å². The maximum Gasteiger partial charge on any atom is 0.159 e.